The molecule has 18 heavy (non-hydrogen) atoms. The number of thiazole rings is 1. The highest BCUT2D eigenvalue weighted by atomic mass is 32.1. The van der Waals surface area contributed by atoms with E-state index in [2.05, 4.69) is 49.8 Å². The van der Waals surface area contributed by atoms with Crippen LogP contribution in [0.5, 0.6) is 0 Å². The standard InChI is InChI=1S/C14H27N3S/c1-6-17(7-2)13-16-11-12(18-13)10-15-9-8-14(3,4)5/h11,15H,6-10H2,1-5H3. The predicted molar refractivity (Wildman–Crippen MR) is 81.5 cm³/mol. The van der Waals surface area contributed by atoms with Crippen molar-refractivity contribution in [1.82, 2.24) is 10.3 Å². The molecular formula is C14H27N3S. The van der Waals surface area contributed by atoms with Crippen LogP contribution >= 0.6 is 11.3 Å². The quantitative estimate of drug-likeness (QED) is 0.768. The summed E-state index contributed by atoms with van der Waals surface area (Å²) in [6.07, 6.45) is 3.21. The number of hydrogen-bond donors (Lipinski definition) is 1. The van der Waals surface area contributed by atoms with Gasteiger partial charge in [0.25, 0.3) is 0 Å². The van der Waals surface area contributed by atoms with Gasteiger partial charge in [-0.05, 0) is 32.2 Å². The van der Waals surface area contributed by atoms with Crippen LogP contribution in [0.1, 0.15) is 45.9 Å². The number of anilines is 1. The Morgan fingerprint density at radius 2 is 1.94 bits per heavy atom. The van der Waals surface area contributed by atoms with Gasteiger partial charge in [-0.1, -0.05) is 20.8 Å². The van der Waals surface area contributed by atoms with Gasteiger partial charge in [-0.3, -0.25) is 0 Å². The van der Waals surface area contributed by atoms with Crippen molar-refractivity contribution in [2.45, 2.75) is 47.6 Å². The van der Waals surface area contributed by atoms with Gasteiger partial charge in [-0.15, -0.1) is 11.3 Å². The topological polar surface area (TPSA) is 28.2 Å². The Kier molecular flexibility index (Phi) is 6.09. The highest BCUT2D eigenvalue weighted by molar-refractivity contribution is 7.15. The van der Waals surface area contributed by atoms with Crippen LogP contribution in [0.25, 0.3) is 0 Å². The minimum absolute atomic E-state index is 0.410. The fourth-order valence-electron chi connectivity index (χ4n) is 1.69. The van der Waals surface area contributed by atoms with Crippen molar-refractivity contribution in [2.75, 3.05) is 24.5 Å². The third-order valence-electron chi connectivity index (χ3n) is 2.93. The van der Waals surface area contributed by atoms with Crippen LogP contribution < -0.4 is 10.2 Å². The molecule has 0 bridgehead atoms. The smallest absolute Gasteiger partial charge is 0.185 e. The molecule has 1 aromatic rings. The first-order valence-electron chi connectivity index (χ1n) is 6.86. The van der Waals surface area contributed by atoms with Gasteiger partial charge in [0.2, 0.25) is 0 Å². The molecule has 1 rings (SSSR count). The Labute approximate surface area is 116 Å². The third-order valence-corrected chi connectivity index (χ3v) is 3.98. The maximum Gasteiger partial charge on any atom is 0.185 e. The first kappa shape index (κ1) is 15.4. The van der Waals surface area contributed by atoms with Crippen molar-refractivity contribution in [3.05, 3.63) is 11.1 Å². The van der Waals surface area contributed by atoms with Gasteiger partial charge in [0.1, 0.15) is 0 Å². The molecule has 0 amide bonds. The summed E-state index contributed by atoms with van der Waals surface area (Å²) < 4.78 is 0. The summed E-state index contributed by atoms with van der Waals surface area (Å²) in [6, 6.07) is 0. The zero-order chi connectivity index (χ0) is 13.6. The first-order valence-corrected chi connectivity index (χ1v) is 7.68. The lowest BCUT2D eigenvalue weighted by Crippen LogP contribution is -2.21. The van der Waals surface area contributed by atoms with Crippen molar-refractivity contribution in [2.24, 2.45) is 5.41 Å². The van der Waals surface area contributed by atoms with Gasteiger partial charge >= 0.3 is 0 Å². The predicted octanol–water partition coefficient (Wildman–Crippen LogP) is 3.52. The second kappa shape index (κ2) is 7.10. The SMILES string of the molecule is CCN(CC)c1ncc(CNCCC(C)(C)C)s1. The summed E-state index contributed by atoms with van der Waals surface area (Å²) in [6.45, 7) is 15.2. The summed E-state index contributed by atoms with van der Waals surface area (Å²) >= 11 is 1.80. The highest BCUT2D eigenvalue weighted by Crippen LogP contribution is 2.22. The lowest BCUT2D eigenvalue weighted by Gasteiger charge is -2.18. The largest absolute Gasteiger partial charge is 0.349 e. The van der Waals surface area contributed by atoms with E-state index in [-0.39, 0.29) is 0 Å². The van der Waals surface area contributed by atoms with Gasteiger partial charge in [-0.25, -0.2) is 4.98 Å². The Balaban J connectivity index is 2.35. The number of aromatic nitrogens is 1. The molecule has 0 aliphatic heterocycles. The van der Waals surface area contributed by atoms with Crippen molar-refractivity contribution >= 4 is 16.5 Å². The second-order valence-corrected chi connectivity index (χ2v) is 6.86. The van der Waals surface area contributed by atoms with Crippen LogP contribution in [-0.4, -0.2) is 24.6 Å². The molecule has 3 nitrogen and oxygen atoms in total. The molecular weight excluding hydrogens is 242 g/mol. The molecule has 4 heteroatoms. The molecule has 104 valence electrons. The van der Waals surface area contributed by atoms with Crippen molar-refractivity contribution in [3.8, 4) is 0 Å². The Morgan fingerprint density at radius 1 is 1.28 bits per heavy atom. The van der Waals surface area contributed by atoms with E-state index in [1.54, 1.807) is 11.3 Å². The summed E-state index contributed by atoms with van der Waals surface area (Å²) in [4.78, 5) is 8.11. The molecule has 1 N–H and O–H groups in total. The van der Waals surface area contributed by atoms with Gasteiger partial charge in [-0.2, -0.15) is 0 Å². The molecule has 0 saturated carbocycles. The van der Waals surface area contributed by atoms with Crippen molar-refractivity contribution in [3.63, 3.8) is 0 Å². The molecule has 0 aromatic carbocycles. The van der Waals surface area contributed by atoms with Gasteiger partial charge < -0.3 is 10.2 Å². The Morgan fingerprint density at radius 3 is 2.50 bits per heavy atom. The average Bonchev–Trinajstić information content (AvgIpc) is 2.74. The van der Waals surface area contributed by atoms with Gasteiger partial charge in [0.05, 0.1) is 0 Å². The van der Waals surface area contributed by atoms with Gasteiger partial charge in [0, 0.05) is 30.7 Å². The average molecular weight is 269 g/mol. The lowest BCUT2D eigenvalue weighted by atomic mass is 9.92. The van der Waals surface area contributed by atoms with E-state index in [1.807, 2.05) is 6.20 Å². The second-order valence-electron chi connectivity index (χ2n) is 5.77. The minimum atomic E-state index is 0.410. The van der Waals surface area contributed by atoms with Crippen LogP contribution in [0.4, 0.5) is 5.13 Å². The number of rotatable bonds is 7. The molecule has 0 fully saturated rings. The molecule has 0 radical (unpaired) electrons. The molecule has 1 heterocycles. The Bertz CT molecular complexity index is 337. The monoisotopic (exact) mass is 269 g/mol. The van der Waals surface area contributed by atoms with Crippen LogP contribution in [0.3, 0.4) is 0 Å². The molecule has 0 aliphatic carbocycles. The molecule has 0 aliphatic rings. The fraction of sp³-hybridized carbons (Fsp3) is 0.786. The highest BCUT2D eigenvalue weighted by Gasteiger charge is 2.10. The van der Waals surface area contributed by atoms with Crippen molar-refractivity contribution in [1.29, 1.82) is 0 Å². The van der Waals surface area contributed by atoms with E-state index in [1.165, 1.54) is 11.3 Å². The maximum atomic E-state index is 4.49. The summed E-state index contributed by atoms with van der Waals surface area (Å²) in [7, 11) is 0. The van der Waals surface area contributed by atoms with Gasteiger partial charge in [0.15, 0.2) is 5.13 Å². The fourth-order valence-corrected chi connectivity index (χ4v) is 2.70. The van der Waals surface area contributed by atoms with Crippen LogP contribution in [0.15, 0.2) is 6.20 Å². The van der Waals surface area contributed by atoms with E-state index >= 15 is 0 Å². The van der Waals surface area contributed by atoms with E-state index in [0.29, 0.717) is 5.41 Å². The third kappa shape index (κ3) is 5.36. The van der Waals surface area contributed by atoms with E-state index in [9.17, 15) is 0 Å². The molecule has 0 spiro atoms. The van der Waals surface area contributed by atoms with Crippen LogP contribution in [0.2, 0.25) is 0 Å². The number of hydrogen-bond acceptors (Lipinski definition) is 4. The molecule has 0 unspecified atom stereocenters. The number of nitrogens with one attached hydrogen (secondary N) is 1. The molecule has 1 aromatic heterocycles. The normalized spacial score (nSPS) is 11.8. The minimum Gasteiger partial charge on any atom is -0.349 e. The summed E-state index contributed by atoms with van der Waals surface area (Å²) in [5.74, 6) is 0. The first-order chi connectivity index (χ1) is 8.46. The molecule has 0 saturated heterocycles. The zero-order valence-corrected chi connectivity index (χ0v) is 13.2. The van der Waals surface area contributed by atoms with E-state index in [4.69, 9.17) is 0 Å². The maximum absolute atomic E-state index is 4.49. The van der Waals surface area contributed by atoms with E-state index < -0.39 is 0 Å². The van der Waals surface area contributed by atoms with E-state index in [0.717, 1.165) is 31.3 Å². The Hall–Kier alpha value is -0.610. The van der Waals surface area contributed by atoms with Crippen LogP contribution in [-0.2, 0) is 6.54 Å². The van der Waals surface area contributed by atoms with Crippen molar-refractivity contribution < 1.29 is 0 Å². The van der Waals surface area contributed by atoms with Crippen LogP contribution in [0, 0.1) is 5.41 Å². The molecule has 0 atom stereocenters. The number of nitrogens with zero attached hydrogens (tertiary/aromatic N) is 2. The lowest BCUT2D eigenvalue weighted by molar-refractivity contribution is 0.367. The zero-order valence-electron chi connectivity index (χ0n) is 12.4. The summed E-state index contributed by atoms with van der Waals surface area (Å²) in [5.41, 5.74) is 0.410. The summed E-state index contributed by atoms with van der Waals surface area (Å²) in [5, 5.41) is 4.64.